The smallest absolute Gasteiger partial charge is 0.242 e. The van der Waals surface area contributed by atoms with Crippen LogP contribution in [0.1, 0.15) is 18.9 Å². The van der Waals surface area contributed by atoms with Crippen molar-refractivity contribution in [1.82, 2.24) is 4.72 Å². The lowest BCUT2D eigenvalue weighted by Gasteiger charge is -2.15. The fourth-order valence-electron chi connectivity index (χ4n) is 1.37. The van der Waals surface area contributed by atoms with E-state index in [1.165, 1.54) is 6.07 Å². The zero-order valence-electron chi connectivity index (χ0n) is 10.1. The molecule has 0 heterocycles. The maximum Gasteiger partial charge on any atom is 0.242 e. The number of hydrogen-bond donors (Lipinski definition) is 2. The molecule has 4 nitrogen and oxygen atoms in total. The van der Waals surface area contributed by atoms with E-state index < -0.39 is 16.1 Å². The third-order valence-corrected chi connectivity index (χ3v) is 5.38. The van der Waals surface area contributed by atoms with Gasteiger partial charge in [0, 0.05) is 10.5 Å². The Morgan fingerprint density at radius 3 is 2.61 bits per heavy atom. The fourth-order valence-corrected chi connectivity index (χ4v) is 3.77. The number of sulfonamides is 1. The van der Waals surface area contributed by atoms with Crippen LogP contribution in [0.2, 0.25) is 5.02 Å². The van der Waals surface area contributed by atoms with Crippen molar-refractivity contribution in [3.05, 3.63) is 27.2 Å². The summed E-state index contributed by atoms with van der Waals surface area (Å²) in [4.78, 5) is 0.0248. The average molecular weight is 357 g/mol. The fraction of sp³-hybridized carbons (Fsp3) is 0.455. The van der Waals surface area contributed by atoms with E-state index in [1.807, 2.05) is 0 Å². The summed E-state index contributed by atoms with van der Waals surface area (Å²) in [6, 6.07) is 2.54. The molecule has 1 atom stereocenters. The van der Waals surface area contributed by atoms with Crippen LogP contribution in [-0.4, -0.2) is 26.2 Å². The Hall–Kier alpha value is -0.140. The molecular formula is C11H15BrClNO3S. The van der Waals surface area contributed by atoms with Crippen LogP contribution in [0, 0.1) is 6.92 Å². The quantitative estimate of drug-likeness (QED) is 0.851. The van der Waals surface area contributed by atoms with Gasteiger partial charge in [0.15, 0.2) is 0 Å². The van der Waals surface area contributed by atoms with Gasteiger partial charge >= 0.3 is 0 Å². The second-order valence-electron chi connectivity index (χ2n) is 3.94. The van der Waals surface area contributed by atoms with E-state index in [1.54, 1.807) is 19.9 Å². The summed E-state index contributed by atoms with van der Waals surface area (Å²) in [6.45, 7) is 3.32. The molecule has 18 heavy (non-hydrogen) atoms. The van der Waals surface area contributed by atoms with Crippen molar-refractivity contribution in [3.63, 3.8) is 0 Å². The first-order valence-corrected chi connectivity index (χ1v) is 8.06. The Balaban J connectivity index is 3.16. The van der Waals surface area contributed by atoms with Crippen LogP contribution in [0.3, 0.4) is 0 Å². The third kappa shape index (κ3) is 3.68. The molecule has 0 aromatic heterocycles. The van der Waals surface area contributed by atoms with Crippen molar-refractivity contribution in [1.29, 1.82) is 0 Å². The Kier molecular flexibility index (Phi) is 5.61. The van der Waals surface area contributed by atoms with Crippen LogP contribution in [0.25, 0.3) is 0 Å². The molecule has 0 radical (unpaired) electrons. The summed E-state index contributed by atoms with van der Waals surface area (Å²) in [5, 5.41) is 9.18. The van der Waals surface area contributed by atoms with Gasteiger partial charge < -0.3 is 5.11 Å². The zero-order chi connectivity index (χ0) is 13.9. The van der Waals surface area contributed by atoms with Crippen molar-refractivity contribution in [3.8, 4) is 0 Å². The standard InChI is InChI=1S/C11H15BrClNO3S/c1-3-8(6-15)14-18(16,17)11-4-7(2)9(12)5-10(11)13/h4-5,8,14-15H,3,6H2,1-2H3/t8-/m0/s1. The normalized spacial score (nSPS) is 13.6. The molecule has 1 aromatic carbocycles. The molecule has 0 aliphatic carbocycles. The number of nitrogens with one attached hydrogen (secondary N) is 1. The van der Waals surface area contributed by atoms with Gasteiger partial charge in [-0.05, 0) is 31.0 Å². The van der Waals surface area contributed by atoms with Crippen LogP contribution in [-0.2, 0) is 10.0 Å². The minimum atomic E-state index is -3.72. The minimum absolute atomic E-state index is 0.0248. The van der Waals surface area contributed by atoms with Crippen LogP contribution in [0.5, 0.6) is 0 Å². The molecule has 0 aliphatic rings. The Labute approximate surface area is 121 Å². The third-order valence-electron chi connectivity index (χ3n) is 2.54. The summed E-state index contributed by atoms with van der Waals surface area (Å²) in [6.07, 6.45) is 0.503. The Morgan fingerprint density at radius 2 is 2.11 bits per heavy atom. The van der Waals surface area contributed by atoms with Crippen LogP contribution in [0.4, 0.5) is 0 Å². The number of benzene rings is 1. The van der Waals surface area contributed by atoms with Crippen LogP contribution in [0.15, 0.2) is 21.5 Å². The van der Waals surface area contributed by atoms with Gasteiger partial charge in [0.2, 0.25) is 10.0 Å². The lowest BCUT2D eigenvalue weighted by atomic mass is 10.2. The Morgan fingerprint density at radius 1 is 1.50 bits per heavy atom. The van der Waals surface area contributed by atoms with Gasteiger partial charge in [-0.15, -0.1) is 0 Å². The molecule has 0 spiro atoms. The molecule has 7 heteroatoms. The molecule has 1 aromatic rings. The molecule has 0 fully saturated rings. The van der Waals surface area contributed by atoms with Crippen LogP contribution < -0.4 is 4.72 Å². The molecule has 102 valence electrons. The van der Waals surface area contributed by atoms with Gasteiger partial charge in [-0.25, -0.2) is 13.1 Å². The maximum absolute atomic E-state index is 12.1. The summed E-state index contributed by atoms with van der Waals surface area (Å²) in [5.74, 6) is 0. The number of rotatable bonds is 5. The lowest BCUT2D eigenvalue weighted by Crippen LogP contribution is -2.37. The molecular weight excluding hydrogens is 342 g/mol. The first-order valence-electron chi connectivity index (χ1n) is 5.40. The molecule has 0 saturated carbocycles. The van der Waals surface area contributed by atoms with E-state index >= 15 is 0 Å². The summed E-state index contributed by atoms with van der Waals surface area (Å²) >= 11 is 9.23. The van der Waals surface area contributed by atoms with E-state index in [-0.39, 0.29) is 16.5 Å². The summed E-state index contributed by atoms with van der Waals surface area (Å²) < 4.78 is 27.4. The Bertz CT molecular complexity index is 529. The number of aliphatic hydroxyl groups excluding tert-OH is 1. The van der Waals surface area contributed by atoms with Gasteiger partial charge in [0.25, 0.3) is 0 Å². The topological polar surface area (TPSA) is 66.4 Å². The van der Waals surface area contributed by atoms with Crippen LogP contribution >= 0.6 is 27.5 Å². The predicted octanol–water partition coefficient (Wildman–Crippen LogP) is 2.46. The first kappa shape index (κ1) is 15.9. The van der Waals surface area contributed by atoms with E-state index in [4.69, 9.17) is 16.7 Å². The molecule has 0 bridgehead atoms. The second-order valence-corrected chi connectivity index (χ2v) is 6.88. The molecule has 0 amide bonds. The zero-order valence-corrected chi connectivity index (χ0v) is 13.2. The molecule has 0 unspecified atom stereocenters. The average Bonchev–Trinajstić information content (AvgIpc) is 2.30. The highest BCUT2D eigenvalue weighted by molar-refractivity contribution is 9.10. The highest BCUT2D eigenvalue weighted by Gasteiger charge is 2.22. The molecule has 0 aliphatic heterocycles. The van der Waals surface area contributed by atoms with E-state index in [0.29, 0.717) is 6.42 Å². The van der Waals surface area contributed by atoms with E-state index in [9.17, 15) is 8.42 Å². The van der Waals surface area contributed by atoms with Crippen molar-refractivity contribution >= 4 is 37.6 Å². The number of halogens is 2. The minimum Gasteiger partial charge on any atom is -0.395 e. The van der Waals surface area contributed by atoms with Crippen molar-refractivity contribution in [2.24, 2.45) is 0 Å². The first-order chi connectivity index (χ1) is 8.31. The number of aliphatic hydroxyl groups is 1. The molecule has 0 saturated heterocycles. The maximum atomic E-state index is 12.1. The molecule has 1 rings (SSSR count). The van der Waals surface area contributed by atoms with Crippen molar-refractivity contribution in [2.75, 3.05) is 6.61 Å². The highest BCUT2D eigenvalue weighted by atomic mass is 79.9. The summed E-state index contributed by atoms with van der Waals surface area (Å²) in [7, 11) is -3.72. The van der Waals surface area contributed by atoms with Crippen molar-refractivity contribution < 1.29 is 13.5 Å². The summed E-state index contributed by atoms with van der Waals surface area (Å²) in [5.41, 5.74) is 0.775. The van der Waals surface area contributed by atoms with Gasteiger partial charge in [-0.1, -0.05) is 34.5 Å². The van der Waals surface area contributed by atoms with Crippen molar-refractivity contribution in [2.45, 2.75) is 31.2 Å². The lowest BCUT2D eigenvalue weighted by molar-refractivity contribution is 0.254. The van der Waals surface area contributed by atoms with E-state index in [2.05, 4.69) is 20.7 Å². The SMILES string of the molecule is CC[C@@H](CO)NS(=O)(=O)c1cc(C)c(Br)cc1Cl. The molecule has 2 N–H and O–H groups in total. The number of hydrogen-bond acceptors (Lipinski definition) is 3. The predicted molar refractivity (Wildman–Crippen MR) is 75.4 cm³/mol. The van der Waals surface area contributed by atoms with Gasteiger partial charge in [-0.3, -0.25) is 0 Å². The monoisotopic (exact) mass is 355 g/mol. The second kappa shape index (κ2) is 6.34. The number of aryl methyl sites for hydroxylation is 1. The van der Waals surface area contributed by atoms with Gasteiger partial charge in [-0.2, -0.15) is 0 Å². The largest absolute Gasteiger partial charge is 0.395 e. The van der Waals surface area contributed by atoms with E-state index in [0.717, 1.165) is 10.0 Å². The van der Waals surface area contributed by atoms with Gasteiger partial charge in [0.1, 0.15) is 4.90 Å². The van der Waals surface area contributed by atoms with Gasteiger partial charge in [0.05, 0.1) is 11.6 Å². The highest BCUT2D eigenvalue weighted by Crippen LogP contribution is 2.28.